The highest BCUT2D eigenvalue weighted by Crippen LogP contribution is 2.31. The molecule has 132 valence electrons. The van der Waals surface area contributed by atoms with Gasteiger partial charge in [-0.05, 0) is 82.2 Å². The van der Waals surface area contributed by atoms with E-state index in [9.17, 15) is 4.79 Å². The Balaban J connectivity index is 1.30. The number of nitrogens with zero attached hydrogens (tertiary/aromatic N) is 1. The molecule has 0 aromatic carbocycles. The lowest BCUT2D eigenvalue weighted by molar-refractivity contribution is -0.122. The molecule has 0 bridgehead atoms. The zero-order valence-corrected chi connectivity index (χ0v) is 15.1. The van der Waals surface area contributed by atoms with Crippen LogP contribution in [0.4, 0.5) is 0 Å². The van der Waals surface area contributed by atoms with E-state index in [1.165, 1.54) is 77.3 Å². The molecule has 0 aromatic rings. The molecule has 1 heterocycles. The second-order valence-electron chi connectivity index (χ2n) is 8.55. The maximum absolute atomic E-state index is 12.2. The highest BCUT2D eigenvalue weighted by atomic mass is 16.1. The van der Waals surface area contributed by atoms with E-state index in [0.717, 1.165) is 30.8 Å². The fraction of sp³-hybridized carbons (Fsp3) is 0.950. The first-order chi connectivity index (χ1) is 11.2. The van der Waals surface area contributed by atoms with E-state index in [1.807, 2.05) is 0 Å². The molecular weight excluding hydrogens is 284 g/mol. The summed E-state index contributed by atoms with van der Waals surface area (Å²) in [5, 5.41) is 3.23. The molecule has 3 heteroatoms. The van der Waals surface area contributed by atoms with Crippen LogP contribution in [0.2, 0.25) is 0 Å². The van der Waals surface area contributed by atoms with Gasteiger partial charge in [0.05, 0.1) is 0 Å². The van der Waals surface area contributed by atoms with Crippen LogP contribution in [0.3, 0.4) is 0 Å². The first kappa shape index (κ1) is 17.3. The minimum atomic E-state index is 0.313. The van der Waals surface area contributed by atoms with E-state index in [2.05, 4.69) is 17.1 Å². The molecule has 3 aliphatic rings. The summed E-state index contributed by atoms with van der Waals surface area (Å²) in [6.07, 6.45) is 14.0. The van der Waals surface area contributed by atoms with Crippen LogP contribution >= 0.6 is 0 Å². The van der Waals surface area contributed by atoms with Crippen molar-refractivity contribution in [1.82, 2.24) is 10.2 Å². The Labute approximate surface area is 142 Å². The number of likely N-dealkylation sites (tertiary alicyclic amines) is 1. The standard InChI is InChI=1S/C20H36N2O/c1-16-4-6-18(7-5-16)15-21-20(23)14-17-8-10-19(11-9-17)22-12-2-3-13-22/h16-19H,2-15H2,1H3,(H,21,23). The van der Waals surface area contributed by atoms with E-state index < -0.39 is 0 Å². The number of rotatable bonds is 5. The Morgan fingerprint density at radius 1 is 0.913 bits per heavy atom. The zero-order chi connectivity index (χ0) is 16.1. The topological polar surface area (TPSA) is 32.3 Å². The normalized spacial score (nSPS) is 36.0. The summed E-state index contributed by atoms with van der Waals surface area (Å²) in [6, 6.07) is 0.820. The second-order valence-corrected chi connectivity index (χ2v) is 8.55. The predicted molar refractivity (Wildman–Crippen MR) is 95.3 cm³/mol. The van der Waals surface area contributed by atoms with E-state index in [-0.39, 0.29) is 0 Å². The zero-order valence-electron chi connectivity index (χ0n) is 15.1. The second kappa shape index (κ2) is 8.50. The average molecular weight is 321 g/mol. The summed E-state index contributed by atoms with van der Waals surface area (Å²) < 4.78 is 0. The Hall–Kier alpha value is -0.570. The van der Waals surface area contributed by atoms with Crippen LogP contribution < -0.4 is 5.32 Å². The van der Waals surface area contributed by atoms with E-state index in [1.54, 1.807) is 0 Å². The summed E-state index contributed by atoms with van der Waals surface area (Å²) >= 11 is 0. The number of nitrogens with one attached hydrogen (secondary N) is 1. The van der Waals surface area contributed by atoms with Crippen molar-refractivity contribution in [2.45, 2.75) is 83.6 Å². The maximum atomic E-state index is 12.2. The molecule has 3 rings (SSSR count). The molecule has 0 unspecified atom stereocenters. The van der Waals surface area contributed by atoms with Crippen molar-refractivity contribution < 1.29 is 4.79 Å². The predicted octanol–water partition coefficient (Wildman–Crippen LogP) is 3.97. The largest absolute Gasteiger partial charge is 0.356 e. The van der Waals surface area contributed by atoms with Gasteiger partial charge in [0.15, 0.2) is 0 Å². The smallest absolute Gasteiger partial charge is 0.220 e. The molecule has 0 atom stereocenters. The van der Waals surface area contributed by atoms with Crippen LogP contribution in [0.1, 0.15) is 77.6 Å². The molecule has 0 aromatic heterocycles. The summed E-state index contributed by atoms with van der Waals surface area (Å²) in [5.74, 6) is 2.59. The van der Waals surface area contributed by atoms with Gasteiger partial charge in [0.2, 0.25) is 5.91 Å². The Morgan fingerprint density at radius 3 is 2.17 bits per heavy atom. The highest BCUT2D eigenvalue weighted by Gasteiger charge is 2.28. The lowest BCUT2D eigenvalue weighted by Gasteiger charge is -2.34. The molecule has 0 radical (unpaired) electrons. The lowest BCUT2D eigenvalue weighted by atomic mass is 9.82. The van der Waals surface area contributed by atoms with Crippen LogP contribution in [0, 0.1) is 17.8 Å². The van der Waals surface area contributed by atoms with E-state index in [4.69, 9.17) is 0 Å². The van der Waals surface area contributed by atoms with Crippen LogP contribution in [0.5, 0.6) is 0 Å². The van der Waals surface area contributed by atoms with Crippen LogP contribution in [0.25, 0.3) is 0 Å². The van der Waals surface area contributed by atoms with Gasteiger partial charge in [-0.3, -0.25) is 4.79 Å². The molecule has 1 aliphatic heterocycles. The maximum Gasteiger partial charge on any atom is 0.220 e. The van der Waals surface area contributed by atoms with Crippen molar-refractivity contribution in [1.29, 1.82) is 0 Å². The fourth-order valence-electron chi connectivity index (χ4n) is 4.95. The molecule has 2 aliphatic carbocycles. The SMILES string of the molecule is CC1CCC(CNC(=O)CC2CCC(N3CCCC3)CC2)CC1. The van der Waals surface area contributed by atoms with E-state index >= 15 is 0 Å². The monoisotopic (exact) mass is 320 g/mol. The van der Waals surface area contributed by atoms with Crippen molar-refractivity contribution >= 4 is 5.91 Å². The van der Waals surface area contributed by atoms with Crippen LogP contribution in [-0.2, 0) is 4.79 Å². The molecular formula is C20H36N2O. The van der Waals surface area contributed by atoms with Crippen molar-refractivity contribution in [3.8, 4) is 0 Å². The summed E-state index contributed by atoms with van der Waals surface area (Å²) in [7, 11) is 0. The molecule has 23 heavy (non-hydrogen) atoms. The summed E-state index contributed by atoms with van der Waals surface area (Å²) in [6.45, 7) is 5.91. The van der Waals surface area contributed by atoms with Gasteiger partial charge >= 0.3 is 0 Å². The molecule has 3 nitrogen and oxygen atoms in total. The van der Waals surface area contributed by atoms with Crippen molar-refractivity contribution in [2.75, 3.05) is 19.6 Å². The third-order valence-corrected chi connectivity index (χ3v) is 6.67. The quantitative estimate of drug-likeness (QED) is 0.831. The van der Waals surface area contributed by atoms with Crippen LogP contribution in [0.15, 0.2) is 0 Å². The number of hydrogen-bond donors (Lipinski definition) is 1. The van der Waals surface area contributed by atoms with Gasteiger partial charge in [-0.15, -0.1) is 0 Å². The highest BCUT2D eigenvalue weighted by molar-refractivity contribution is 5.76. The van der Waals surface area contributed by atoms with Gasteiger partial charge in [-0.2, -0.15) is 0 Å². The summed E-state index contributed by atoms with van der Waals surface area (Å²) in [5.41, 5.74) is 0. The lowest BCUT2D eigenvalue weighted by Crippen LogP contribution is -2.37. The fourth-order valence-corrected chi connectivity index (χ4v) is 4.95. The molecule has 0 spiro atoms. The van der Waals surface area contributed by atoms with Crippen molar-refractivity contribution in [2.24, 2.45) is 17.8 Å². The van der Waals surface area contributed by atoms with E-state index in [0.29, 0.717) is 11.8 Å². The molecule has 3 fully saturated rings. The average Bonchev–Trinajstić information content (AvgIpc) is 3.09. The number of carbonyl (C=O) groups is 1. The number of hydrogen-bond acceptors (Lipinski definition) is 2. The van der Waals surface area contributed by atoms with Crippen molar-refractivity contribution in [3.05, 3.63) is 0 Å². The third kappa shape index (κ3) is 5.20. The van der Waals surface area contributed by atoms with Gasteiger partial charge in [0.1, 0.15) is 0 Å². The number of carbonyl (C=O) groups excluding carboxylic acids is 1. The molecule has 1 N–H and O–H groups in total. The Bertz CT molecular complexity index is 362. The van der Waals surface area contributed by atoms with Gasteiger partial charge < -0.3 is 10.2 Å². The van der Waals surface area contributed by atoms with Crippen molar-refractivity contribution in [3.63, 3.8) is 0 Å². The van der Waals surface area contributed by atoms with Gasteiger partial charge in [-0.25, -0.2) is 0 Å². The molecule has 1 amide bonds. The van der Waals surface area contributed by atoms with Gasteiger partial charge in [-0.1, -0.05) is 19.8 Å². The first-order valence-corrected chi connectivity index (χ1v) is 10.2. The Morgan fingerprint density at radius 2 is 1.52 bits per heavy atom. The minimum absolute atomic E-state index is 0.313. The first-order valence-electron chi connectivity index (χ1n) is 10.2. The van der Waals surface area contributed by atoms with Gasteiger partial charge in [0.25, 0.3) is 0 Å². The van der Waals surface area contributed by atoms with Gasteiger partial charge in [0, 0.05) is 19.0 Å². The Kier molecular flexibility index (Phi) is 6.38. The van der Waals surface area contributed by atoms with Crippen LogP contribution in [-0.4, -0.2) is 36.5 Å². The third-order valence-electron chi connectivity index (χ3n) is 6.67. The summed E-state index contributed by atoms with van der Waals surface area (Å²) in [4.78, 5) is 14.9. The molecule has 2 saturated carbocycles. The minimum Gasteiger partial charge on any atom is -0.356 e. The number of amides is 1. The molecule has 1 saturated heterocycles.